The monoisotopic (exact) mass is 514 g/mol. The normalized spacial score (nSPS) is 13.4. The highest BCUT2D eigenvalue weighted by atomic mass is 16.6. The smallest absolute Gasteiger partial charge is 0.417 e. The number of nitrogens with zero attached hydrogens (tertiary/aromatic N) is 4. The van der Waals surface area contributed by atoms with Crippen molar-refractivity contribution in [2.45, 2.75) is 39.7 Å². The molecule has 1 aliphatic heterocycles. The number of para-hydroxylation sites is 1. The lowest BCUT2D eigenvalue weighted by atomic mass is 9.91. The number of imide groups is 1. The van der Waals surface area contributed by atoms with Crippen LogP contribution in [0.2, 0.25) is 0 Å². The summed E-state index contributed by atoms with van der Waals surface area (Å²) in [7, 11) is 3.15. The molecule has 0 bridgehead atoms. The summed E-state index contributed by atoms with van der Waals surface area (Å²) in [4.78, 5) is 33.1. The predicted molar refractivity (Wildman–Crippen MR) is 143 cm³/mol. The van der Waals surface area contributed by atoms with Gasteiger partial charge in [-0.25, -0.2) is 19.4 Å². The summed E-state index contributed by atoms with van der Waals surface area (Å²) in [5.74, 6) is 0.676. The van der Waals surface area contributed by atoms with Crippen LogP contribution in [0.25, 0.3) is 27.8 Å². The number of fused-ring (bicyclic) bond motifs is 2. The Kier molecular flexibility index (Phi) is 6.30. The largest absolute Gasteiger partial charge is 0.497 e. The third-order valence-electron chi connectivity index (χ3n) is 6.35. The number of methoxy groups -OCH3 is 2. The van der Waals surface area contributed by atoms with Crippen molar-refractivity contribution < 1.29 is 23.8 Å². The van der Waals surface area contributed by atoms with E-state index in [2.05, 4.69) is 0 Å². The Morgan fingerprint density at radius 3 is 2.24 bits per heavy atom. The second-order valence-electron chi connectivity index (χ2n) is 10.1. The molecule has 0 spiro atoms. The number of hydrogen-bond donors (Lipinski definition) is 0. The first-order valence-electron chi connectivity index (χ1n) is 12.4. The molecule has 0 N–H and O–H groups in total. The minimum atomic E-state index is -0.740. The highest BCUT2D eigenvalue weighted by molar-refractivity contribution is 6.14. The molecule has 4 aromatic rings. The molecular weight excluding hydrogens is 484 g/mol. The lowest BCUT2D eigenvalue weighted by Crippen LogP contribution is -2.45. The standard InChI is InChI=1S/C29H30N4O5/c1-17-23-24(18-14-20(36-5)16-21(15-18)37-6)25-22(12-13-32(27(25)34)28(35)38-29(2,3)4)30-26(23)33(31-17)19-10-8-7-9-11-19/h7-11,14-16H,12-13H2,1-6H3. The zero-order chi connectivity index (χ0) is 27.2. The van der Waals surface area contributed by atoms with Crippen LogP contribution in [0, 0.1) is 6.92 Å². The minimum Gasteiger partial charge on any atom is -0.497 e. The molecule has 5 rings (SSSR count). The van der Waals surface area contributed by atoms with Crippen LogP contribution in [0.15, 0.2) is 48.5 Å². The molecule has 38 heavy (non-hydrogen) atoms. The Bertz CT molecular complexity index is 1530. The quantitative estimate of drug-likeness (QED) is 0.362. The summed E-state index contributed by atoms with van der Waals surface area (Å²) < 4.78 is 18.4. The Morgan fingerprint density at radius 2 is 1.63 bits per heavy atom. The molecule has 2 aromatic carbocycles. The number of ether oxygens (including phenoxy) is 3. The van der Waals surface area contributed by atoms with E-state index in [-0.39, 0.29) is 6.54 Å². The van der Waals surface area contributed by atoms with E-state index in [1.54, 1.807) is 45.7 Å². The van der Waals surface area contributed by atoms with Crippen LogP contribution in [-0.2, 0) is 11.2 Å². The fourth-order valence-corrected chi connectivity index (χ4v) is 4.71. The zero-order valence-electron chi connectivity index (χ0n) is 22.4. The molecule has 9 nitrogen and oxygen atoms in total. The minimum absolute atomic E-state index is 0.165. The van der Waals surface area contributed by atoms with Gasteiger partial charge in [-0.2, -0.15) is 5.10 Å². The van der Waals surface area contributed by atoms with Gasteiger partial charge in [-0.3, -0.25) is 4.79 Å². The number of amides is 2. The van der Waals surface area contributed by atoms with Crippen molar-refractivity contribution in [1.82, 2.24) is 19.7 Å². The van der Waals surface area contributed by atoms with Crippen molar-refractivity contribution in [3.63, 3.8) is 0 Å². The second-order valence-corrected chi connectivity index (χ2v) is 10.1. The molecule has 0 atom stereocenters. The SMILES string of the molecule is COc1cc(OC)cc(-c2c3c(nc4c2c(C)nn4-c2ccccc2)CCN(C(=O)OC(C)(C)C)C3=O)c1. The Morgan fingerprint density at radius 1 is 0.974 bits per heavy atom. The highest BCUT2D eigenvalue weighted by Gasteiger charge is 2.37. The van der Waals surface area contributed by atoms with E-state index >= 15 is 0 Å². The van der Waals surface area contributed by atoms with E-state index < -0.39 is 17.6 Å². The van der Waals surface area contributed by atoms with E-state index in [4.69, 9.17) is 24.3 Å². The number of aromatic nitrogens is 3. The lowest BCUT2D eigenvalue weighted by Gasteiger charge is -2.30. The molecule has 0 aliphatic carbocycles. The van der Waals surface area contributed by atoms with Gasteiger partial charge in [-0.15, -0.1) is 0 Å². The molecule has 196 valence electrons. The number of rotatable bonds is 4. The first-order chi connectivity index (χ1) is 18.1. The van der Waals surface area contributed by atoms with Crippen LogP contribution in [0.3, 0.4) is 0 Å². The van der Waals surface area contributed by atoms with Crippen LogP contribution in [-0.4, -0.2) is 58.0 Å². The van der Waals surface area contributed by atoms with Gasteiger partial charge in [0.05, 0.1) is 42.2 Å². The van der Waals surface area contributed by atoms with Gasteiger partial charge < -0.3 is 14.2 Å². The summed E-state index contributed by atoms with van der Waals surface area (Å²) in [6.07, 6.45) is -0.303. The van der Waals surface area contributed by atoms with Crippen LogP contribution < -0.4 is 9.47 Å². The molecule has 0 radical (unpaired) electrons. The molecule has 0 saturated heterocycles. The molecule has 1 aliphatic rings. The van der Waals surface area contributed by atoms with E-state index in [9.17, 15) is 9.59 Å². The van der Waals surface area contributed by atoms with Gasteiger partial charge in [-0.1, -0.05) is 18.2 Å². The second kappa shape index (κ2) is 9.48. The molecule has 0 fully saturated rings. The van der Waals surface area contributed by atoms with Crippen LogP contribution in [0.1, 0.15) is 42.5 Å². The summed E-state index contributed by atoms with van der Waals surface area (Å²) in [5.41, 5.74) is 3.69. The maximum absolute atomic E-state index is 14.0. The number of pyridine rings is 1. The van der Waals surface area contributed by atoms with E-state index in [0.717, 1.165) is 10.6 Å². The summed E-state index contributed by atoms with van der Waals surface area (Å²) in [6.45, 7) is 7.36. The third-order valence-corrected chi connectivity index (χ3v) is 6.35. The number of carbonyl (C=O) groups excluding carboxylic acids is 2. The molecular formula is C29H30N4O5. The van der Waals surface area contributed by atoms with Crippen molar-refractivity contribution >= 4 is 23.0 Å². The summed E-state index contributed by atoms with van der Waals surface area (Å²) in [5, 5.41) is 5.52. The third kappa shape index (κ3) is 4.44. The van der Waals surface area contributed by atoms with Crippen molar-refractivity contribution in [3.8, 4) is 28.3 Å². The van der Waals surface area contributed by atoms with Crippen LogP contribution in [0.5, 0.6) is 11.5 Å². The average molecular weight is 515 g/mol. The van der Waals surface area contributed by atoms with Gasteiger partial charge in [-0.05, 0) is 57.5 Å². The van der Waals surface area contributed by atoms with Gasteiger partial charge in [0.1, 0.15) is 17.1 Å². The van der Waals surface area contributed by atoms with E-state index in [0.29, 0.717) is 57.0 Å². The first-order valence-corrected chi connectivity index (χ1v) is 12.4. The van der Waals surface area contributed by atoms with E-state index in [1.807, 2.05) is 49.4 Å². The fraction of sp³-hybridized carbons (Fsp3) is 0.310. The Labute approximate surface area is 220 Å². The van der Waals surface area contributed by atoms with Crippen LogP contribution >= 0.6 is 0 Å². The molecule has 2 aromatic heterocycles. The zero-order valence-corrected chi connectivity index (χ0v) is 22.4. The van der Waals surface area contributed by atoms with E-state index in [1.165, 1.54) is 0 Å². The van der Waals surface area contributed by atoms with Crippen LogP contribution in [0.4, 0.5) is 4.79 Å². The van der Waals surface area contributed by atoms with Crippen molar-refractivity contribution in [2.75, 3.05) is 20.8 Å². The van der Waals surface area contributed by atoms with Crippen molar-refractivity contribution in [3.05, 3.63) is 65.5 Å². The average Bonchev–Trinajstić information content (AvgIpc) is 3.22. The topological polar surface area (TPSA) is 95.8 Å². The Hall–Kier alpha value is -4.40. The molecule has 2 amide bonds. The number of aryl methyl sites for hydroxylation is 1. The van der Waals surface area contributed by atoms with Gasteiger partial charge in [0.2, 0.25) is 0 Å². The van der Waals surface area contributed by atoms with Gasteiger partial charge in [0.25, 0.3) is 5.91 Å². The van der Waals surface area contributed by atoms with Crippen molar-refractivity contribution in [1.29, 1.82) is 0 Å². The Balaban J connectivity index is 1.81. The van der Waals surface area contributed by atoms with Gasteiger partial charge >= 0.3 is 6.09 Å². The van der Waals surface area contributed by atoms with Gasteiger partial charge in [0.15, 0.2) is 5.65 Å². The molecule has 0 unspecified atom stereocenters. The predicted octanol–water partition coefficient (Wildman–Crippen LogP) is 5.35. The van der Waals surface area contributed by atoms with Crippen molar-refractivity contribution in [2.24, 2.45) is 0 Å². The first kappa shape index (κ1) is 25.3. The maximum atomic E-state index is 14.0. The number of hydrogen-bond acceptors (Lipinski definition) is 7. The highest BCUT2D eigenvalue weighted by Crippen LogP contribution is 2.41. The molecule has 3 heterocycles. The summed E-state index contributed by atoms with van der Waals surface area (Å²) >= 11 is 0. The number of carbonyl (C=O) groups is 2. The maximum Gasteiger partial charge on any atom is 0.417 e. The fourth-order valence-electron chi connectivity index (χ4n) is 4.71. The summed E-state index contributed by atoms with van der Waals surface area (Å²) in [6, 6.07) is 15.2. The lowest BCUT2D eigenvalue weighted by molar-refractivity contribution is 0.0233. The molecule has 0 saturated carbocycles. The van der Waals surface area contributed by atoms with Gasteiger partial charge in [0, 0.05) is 24.6 Å². The molecule has 9 heteroatoms. The number of benzene rings is 2.